The number of hydrogen-bond donors (Lipinski definition) is 3. The number of nitrogens with zero attached hydrogens (tertiary/aromatic N) is 1. The molecule has 0 radical (unpaired) electrons. The molecule has 0 saturated heterocycles. The predicted octanol–water partition coefficient (Wildman–Crippen LogP) is 1.79. The lowest BCUT2D eigenvalue weighted by atomic mass is 10.1. The highest BCUT2D eigenvalue weighted by atomic mass is 32.1. The molecule has 0 amide bonds. The van der Waals surface area contributed by atoms with Gasteiger partial charge in [0, 0.05) is 18.9 Å². The van der Waals surface area contributed by atoms with Gasteiger partial charge in [0.1, 0.15) is 10.6 Å². The number of nitrogens with one attached hydrogen (secondary N) is 1. The lowest BCUT2D eigenvalue weighted by Gasteiger charge is -2.05. The van der Waals surface area contributed by atoms with Crippen molar-refractivity contribution in [3.8, 4) is 0 Å². The minimum absolute atomic E-state index is 0.0419. The van der Waals surface area contributed by atoms with Crippen LogP contribution in [0.25, 0.3) is 10.2 Å². The monoisotopic (exact) mass is 265 g/mol. The highest BCUT2D eigenvalue weighted by Gasteiger charge is 2.16. The van der Waals surface area contributed by atoms with Crippen LogP contribution in [0, 0.1) is 6.92 Å². The third kappa shape index (κ3) is 2.16. The first-order valence-electron chi connectivity index (χ1n) is 5.60. The van der Waals surface area contributed by atoms with Gasteiger partial charge in [-0.05, 0) is 18.6 Å². The number of nitrogens with two attached hydrogens (primary N) is 1. The molecule has 0 bridgehead atoms. The summed E-state index contributed by atoms with van der Waals surface area (Å²) in [7, 11) is 0. The van der Waals surface area contributed by atoms with Crippen molar-refractivity contribution < 1.29 is 9.90 Å². The summed E-state index contributed by atoms with van der Waals surface area (Å²) in [5, 5.41) is 12.6. The first-order chi connectivity index (χ1) is 8.54. The van der Waals surface area contributed by atoms with Crippen LogP contribution < -0.4 is 11.1 Å². The van der Waals surface area contributed by atoms with Crippen molar-refractivity contribution in [1.82, 2.24) is 4.98 Å². The van der Waals surface area contributed by atoms with Gasteiger partial charge in [-0.2, -0.15) is 0 Å². The van der Waals surface area contributed by atoms with Gasteiger partial charge in [0.2, 0.25) is 0 Å². The number of fused-ring (bicyclic) bond motifs is 1. The van der Waals surface area contributed by atoms with Crippen molar-refractivity contribution >= 4 is 38.8 Å². The van der Waals surface area contributed by atoms with Gasteiger partial charge in [-0.3, -0.25) is 4.79 Å². The highest BCUT2D eigenvalue weighted by molar-refractivity contribution is 7.21. The van der Waals surface area contributed by atoms with Gasteiger partial charge in [-0.1, -0.05) is 0 Å². The zero-order valence-corrected chi connectivity index (χ0v) is 11.1. The molecule has 0 unspecified atom stereocenters. The number of pyridine rings is 1. The van der Waals surface area contributed by atoms with Crippen molar-refractivity contribution in [2.45, 2.75) is 13.8 Å². The third-order valence-electron chi connectivity index (χ3n) is 2.63. The van der Waals surface area contributed by atoms with E-state index >= 15 is 0 Å². The minimum Gasteiger partial charge on any atom is -0.397 e. The number of anilines is 2. The molecule has 0 fully saturated rings. The third-order valence-corrected chi connectivity index (χ3v) is 3.83. The summed E-state index contributed by atoms with van der Waals surface area (Å²) in [5.41, 5.74) is 7.47. The van der Waals surface area contributed by atoms with E-state index in [0.29, 0.717) is 22.9 Å². The average molecular weight is 265 g/mol. The van der Waals surface area contributed by atoms with Crippen LogP contribution in [0.4, 0.5) is 11.5 Å². The number of thiophene rings is 1. The maximum atomic E-state index is 11.5. The number of Topliss-reactive ketones (excluding diaryl/α,β-unsaturated/α-hetero) is 1. The van der Waals surface area contributed by atoms with Gasteiger partial charge in [-0.25, -0.2) is 4.98 Å². The normalized spacial score (nSPS) is 10.8. The Balaban J connectivity index is 2.56. The largest absolute Gasteiger partial charge is 0.397 e. The molecule has 0 aliphatic heterocycles. The molecule has 18 heavy (non-hydrogen) atoms. The topological polar surface area (TPSA) is 88.2 Å². The van der Waals surface area contributed by atoms with E-state index in [0.717, 1.165) is 15.8 Å². The van der Waals surface area contributed by atoms with E-state index in [9.17, 15) is 4.79 Å². The van der Waals surface area contributed by atoms with Crippen LogP contribution >= 0.6 is 11.3 Å². The molecule has 2 aromatic heterocycles. The van der Waals surface area contributed by atoms with Crippen LogP contribution in [-0.2, 0) is 0 Å². The van der Waals surface area contributed by atoms with Gasteiger partial charge >= 0.3 is 0 Å². The number of aliphatic hydroxyl groups is 1. The maximum absolute atomic E-state index is 11.5. The fourth-order valence-corrected chi connectivity index (χ4v) is 2.91. The molecule has 0 atom stereocenters. The average Bonchev–Trinajstić information content (AvgIpc) is 2.64. The molecule has 4 N–H and O–H groups in total. The number of aryl methyl sites for hydroxylation is 1. The van der Waals surface area contributed by atoms with Gasteiger partial charge in [0.15, 0.2) is 5.78 Å². The van der Waals surface area contributed by atoms with Crippen LogP contribution in [0.5, 0.6) is 0 Å². The quantitative estimate of drug-likeness (QED) is 0.733. The zero-order valence-electron chi connectivity index (χ0n) is 10.3. The number of aromatic nitrogens is 1. The first kappa shape index (κ1) is 12.8. The molecular formula is C12H15N3O2S. The van der Waals surface area contributed by atoms with E-state index in [4.69, 9.17) is 10.8 Å². The van der Waals surface area contributed by atoms with Crippen LogP contribution in [0.3, 0.4) is 0 Å². The second-order valence-corrected chi connectivity index (χ2v) is 5.06. The zero-order chi connectivity index (χ0) is 13.3. The van der Waals surface area contributed by atoms with Crippen molar-refractivity contribution in [2.75, 3.05) is 24.2 Å². The smallest absolute Gasteiger partial charge is 0.171 e. The Hall–Kier alpha value is -1.66. The number of nitrogen functional groups attached to an aromatic ring is 1. The molecular weight excluding hydrogens is 250 g/mol. The van der Waals surface area contributed by atoms with Crippen molar-refractivity contribution in [2.24, 2.45) is 0 Å². The van der Waals surface area contributed by atoms with E-state index in [1.807, 2.05) is 13.0 Å². The van der Waals surface area contributed by atoms with Gasteiger partial charge in [0.05, 0.1) is 17.2 Å². The molecule has 0 saturated carbocycles. The number of rotatable bonds is 4. The van der Waals surface area contributed by atoms with Crippen LogP contribution in [0.1, 0.15) is 22.2 Å². The summed E-state index contributed by atoms with van der Waals surface area (Å²) in [6, 6.07) is 1.87. The Morgan fingerprint density at radius 3 is 2.94 bits per heavy atom. The molecule has 6 heteroatoms. The number of carbonyl (C=O) groups excluding carboxylic acids is 1. The Morgan fingerprint density at radius 1 is 1.61 bits per heavy atom. The molecule has 2 heterocycles. The summed E-state index contributed by atoms with van der Waals surface area (Å²) >= 11 is 1.31. The van der Waals surface area contributed by atoms with Crippen LogP contribution in [0.2, 0.25) is 0 Å². The molecule has 0 aromatic carbocycles. The fraction of sp³-hybridized carbons (Fsp3) is 0.333. The Morgan fingerprint density at radius 2 is 2.33 bits per heavy atom. The first-order valence-corrected chi connectivity index (χ1v) is 6.41. The Bertz CT molecular complexity index is 607. The maximum Gasteiger partial charge on any atom is 0.171 e. The number of carbonyl (C=O) groups is 1. The predicted molar refractivity (Wildman–Crippen MR) is 74.3 cm³/mol. The summed E-state index contributed by atoms with van der Waals surface area (Å²) in [5.74, 6) is 0.644. The lowest BCUT2D eigenvalue weighted by molar-refractivity contribution is 0.102. The number of hydrogen-bond acceptors (Lipinski definition) is 6. The molecule has 2 aromatic rings. The Labute approximate surface area is 109 Å². The van der Waals surface area contributed by atoms with E-state index in [1.54, 1.807) is 0 Å². The SMILES string of the molecule is CC(=O)c1sc2nc(NCCO)cc(C)c2c1N. The number of ketones is 1. The lowest BCUT2D eigenvalue weighted by Crippen LogP contribution is -2.07. The van der Waals surface area contributed by atoms with E-state index in [2.05, 4.69) is 10.3 Å². The van der Waals surface area contributed by atoms with Gasteiger partial charge in [0.25, 0.3) is 0 Å². The molecule has 0 spiro atoms. The Kier molecular flexibility index (Phi) is 3.49. The van der Waals surface area contributed by atoms with Gasteiger partial charge < -0.3 is 16.2 Å². The van der Waals surface area contributed by atoms with Gasteiger partial charge in [-0.15, -0.1) is 11.3 Å². The molecule has 96 valence electrons. The van der Waals surface area contributed by atoms with Crippen molar-refractivity contribution in [1.29, 1.82) is 0 Å². The second kappa shape index (κ2) is 4.91. The fourth-order valence-electron chi connectivity index (χ4n) is 1.85. The summed E-state index contributed by atoms with van der Waals surface area (Å²) < 4.78 is 0. The summed E-state index contributed by atoms with van der Waals surface area (Å²) in [4.78, 5) is 17.2. The van der Waals surface area contributed by atoms with Crippen molar-refractivity contribution in [3.63, 3.8) is 0 Å². The number of aliphatic hydroxyl groups excluding tert-OH is 1. The highest BCUT2D eigenvalue weighted by Crippen LogP contribution is 2.35. The van der Waals surface area contributed by atoms with E-state index in [-0.39, 0.29) is 12.4 Å². The molecule has 2 rings (SSSR count). The molecule has 5 nitrogen and oxygen atoms in total. The van der Waals surface area contributed by atoms with Crippen LogP contribution in [0.15, 0.2) is 6.07 Å². The van der Waals surface area contributed by atoms with E-state index in [1.165, 1.54) is 18.3 Å². The van der Waals surface area contributed by atoms with Crippen molar-refractivity contribution in [3.05, 3.63) is 16.5 Å². The van der Waals surface area contributed by atoms with Crippen LogP contribution in [-0.4, -0.2) is 29.0 Å². The minimum atomic E-state index is -0.0419. The van der Waals surface area contributed by atoms with E-state index < -0.39 is 0 Å². The molecule has 0 aliphatic carbocycles. The standard InChI is InChI=1S/C12H15N3O2S/c1-6-5-8(14-3-4-16)15-12-9(6)10(13)11(18-12)7(2)17/h5,16H,3-4,13H2,1-2H3,(H,14,15). The second-order valence-electron chi connectivity index (χ2n) is 4.06. The molecule has 0 aliphatic rings. The summed E-state index contributed by atoms with van der Waals surface area (Å²) in [6.07, 6.45) is 0. The summed E-state index contributed by atoms with van der Waals surface area (Å²) in [6.45, 7) is 3.92.